The van der Waals surface area contributed by atoms with Crippen molar-refractivity contribution in [1.29, 1.82) is 5.26 Å². The van der Waals surface area contributed by atoms with Crippen LogP contribution >= 0.6 is 15.9 Å². The summed E-state index contributed by atoms with van der Waals surface area (Å²) in [6.07, 6.45) is 1.11. The first kappa shape index (κ1) is 10.5. The largest absolute Gasteiger partial charge is 0.240 e. The predicted molar refractivity (Wildman–Crippen MR) is 46.6 cm³/mol. The maximum atomic E-state index is 13.2. The summed E-state index contributed by atoms with van der Waals surface area (Å²) in [6.45, 7) is 0. The van der Waals surface area contributed by atoms with Crippen LogP contribution < -0.4 is 0 Å². The van der Waals surface area contributed by atoms with Gasteiger partial charge in [0.2, 0.25) is 6.08 Å². The van der Waals surface area contributed by atoms with Crippen LogP contribution in [0.4, 0.5) is 14.5 Å². The molecule has 0 aromatic heterocycles. The van der Waals surface area contributed by atoms with Gasteiger partial charge in [0.1, 0.15) is 23.1 Å². The number of rotatable bonds is 1. The van der Waals surface area contributed by atoms with Gasteiger partial charge in [0.25, 0.3) is 0 Å². The van der Waals surface area contributed by atoms with Gasteiger partial charge >= 0.3 is 0 Å². The lowest BCUT2D eigenvalue weighted by atomic mass is 10.2. The fraction of sp³-hybridized carbons (Fsp3) is 0. The standard InChI is InChI=1S/C8HBrF2N2O/c9-5-1-6(10)4(2-12)7(11)8(5)13-3-14/h1H. The van der Waals surface area contributed by atoms with Crippen molar-refractivity contribution in [2.45, 2.75) is 0 Å². The second-order valence-corrected chi connectivity index (χ2v) is 3.05. The average molecular weight is 259 g/mol. The third-order valence-electron chi connectivity index (χ3n) is 1.42. The molecule has 70 valence electrons. The Labute approximate surface area is 85.8 Å². The minimum Gasteiger partial charge on any atom is -0.211 e. The molecular formula is C8HBrF2N2O. The van der Waals surface area contributed by atoms with Crippen molar-refractivity contribution in [3.63, 3.8) is 0 Å². The van der Waals surface area contributed by atoms with Gasteiger partial charge in [-0.3, -0.25) is 0 Å². The molecule has 1 aromatic carbocycles. The molecule has 1 rings (SSSR count). The maximum Gasteiger partial charge on any atom is 0.240 e. The summed E-state index contributed by atoms with van der Waals surface area (Å²) >= 11 is 2.80. The third kappa shape index (κ3) is 1.69. The SMILES string of the molecule is N#Cc1c(F)cc(Br)c(N=C=O)c1F. The number of halogens is 3. The molecule has 0 aliphatic heterocycles. The van der Waals surface area contributed by atoms with Crippen molar-refractivity contribution < 1.29 is 13.6 Å². The van der Waals surface area contributed by atoms with E-state index in [1.54, 1.807) is 0 Å². The Morgan fingerprint density at radius 1 is 1.50 bits per heavy atom. The molecule has 3 nitrogen and oxygen atoms in total. The molecule has 0 N–H and O–H groups in total. The topological polar surface area (TPSA) is 53.2 Å². The van der Waals surface area contributed by atoms with Gasteiger partial charge in [0, 0.05) is 0 Å². The van der Waals surface area contributed by atoms with Gasteiger partial charge in [-0.1, -0.05) is 0 Å². The molecule has 0 saturated heterocycles. The molecule has 0 spiro atoms. The molecule has 0 atom stereocenters. The minimum absolute atomic E-state index is 0.0464. The highest BCUT2D eigenvalue weighted by molar-refractivity contribution is 9.10. The number of nitrogens with zero attached hydrogens (tertiary/aromatic N) is 2. The number of benzene rings is 1. The number of nitriles is 1. The Hall–Kier alpha value is -1.57. The van der Waals surface area contributed by atoms with Crippen LogP contribution in [0, 0.1) is 23.0 Å². The first-order valence-electron chi connectivity index (χ1n) is 3.27. The Morgan fingerprint density at radius 3 is 2.64 bits per heavy atom. The van der Waals surface area contributed by atoms with Gasteiger partial charge in [-0.15, -0.1) is 0 Å². The third-order valence-corrected chi connectivity index (χ3v) is 2.02. The van der Waals surface area contributed by atoms with E-state index in [0.29, 0.717) is 0 Å². The van der Waals surface area contributed by atoms with E-state index >= 15 is 0 Å². The Balaban J connectivity index is 3.61. The Kier molecular flexibility index (Phi) is 3.07. The molecule has 0 saturated carbocycles. The molecule has 0 aliphatic carbocycles. The molecular weight excluding hydrogens is 258 g/mol. The minimum atomic E-state index is -1.18. The first-order valence-corrected chi connectivity index (χ1v) is 4.06. The van der Waals surface area contributed by atoms with E-state index in [9.17, 15) is 13.6 Å². The molecule has 0 aliphatic rings. The van der Waals surface area contributed by atoms with Crippen LogP contribution in [0.25, 0.3) is 0 Å². The summed E-state index contributed by atoms with van der Waals surface area (Å²) in [6, 6.07) is 2.19. The zero-order chi connectivity index (χ0) is 10.7. The lowest BCUT2D eigenvalue weighted by Crippen LogP contribution is -1.91. The lowest BCUT2D eigenvalue weighted by Gasteiger charge is -2.01. The van der Waals surface area contributed by atoms with Crippen LogP contribution in [0.15, 0.2) is 15.5 Å². The normalized spacial score (nSPS) is 9.00. The first-order chi connectivity index (χ1) is 6.61. The fourth-order valence-corrected chi connectivity index (χ4v) is 1.29. The van der Waals surface area contributed by atoms with E-state index in [1.165, 1.54) is 6.07 Å². The number of aliphatic imine (C=N–C) groups is 1. The molecule has 0 bridgehead atoms. The van der Waals surface area contributed by atoms with Gasteiger partial charge in [0.15, 0.2) is 5.82 Å². The fourth-order valence-electron chi connectivity index (χ4n) is 0.830. The van der Waals surface area contributed by atoms with Gasteiger partial charge in [0.05, 0.1) is 4.47 Å². The molecule has 1 aromatic rings. The number of isocyanates is 1. The van der Waals surface area contributed by atoms with Crippen molar-refractivity contribution in [2.75, 3.05) is 0 Å². The van der Waals surface area contributed by atoms with E-state index in [-0.39, 0.29) is 4.47 Å². The number of carbonyl (C=O) groups excluding carboxylic acids is 1. The average Bonchev–Trinajstić information content (AvgIpc) is 2.12. The molecule has 0 amide bonds. The number of hydrogen-bond donors (Lipinski definition) is 0. The van der Waals surface area contributed by atoms with Gasteiger partial charge in [-0.2, -0.15) is 10.3 Å². The highest BCUT2D eigenvalue weighted by Crippen LogP contribution is 2.31. The van der Waals surface area contributed by atoms with Crippen LogP contribution in [0.1, 0.15) is 5.56 Å². The summed E-state index contributed by atoms with van der Waals surface area (Å²) in [5.74, 6) is -2.19. The van der Waals surface area contributed by atoms with Crippen LogP contribution in [0.2, 0.25) is 0 Å². The van der Waals surface area contributed by atoms with Gasteiger partial charge in [-0.25, -0.2) is 13.6 Å². The highest BCUT2D eigenvalue weighted by atomic mass is 79.9. The van der Waals surface area contributed by atoms with Crippen LogP contribution in [-0.4, -0.2) is 6.08 Å². The lowest BCUT2D eigenvalue weighted by molar-refractivity contribution is 0.561. The smallest absolute Gasteiger partial charge is 0.211 e. The Morgan fingerprint density at radius 2 is 2.14 bits per heavy atom. The second-order valence-electron chi connectivity index (χ2n) is 2.19. The number of hydrogen-bond acceptors (Lipinski definition) is 3. The molecule has 0 radical (unpaired) electrons. The molecule has 6 heteroatoms. The second kappa shape index (κ2) is 4.09. The summed E-state index contributed by atoms with van der Waals surface area (Å²) in [4.78, 5) is 12.9. The van der Waals surface area contributed by atoms with E-state index in [0.717, 1.165) is 12.1 Å². The summed E-state index contributed by atoms with van der Waals surface area (Å²) in [5, 5.41) is 8.40. The van der Waals surface area contributed by atoms with E-state index < -0.39 is 22.9 Å². The maximum absolute atomic E-state index is 13.2. The van der Waals surface area contributed by atoms with Gasteiger partial charge < -0.3 is 0 Å². The van der Waals surface area contributed by atoms with Crippen LogP contribution in [-0.2, 0) is 4.79 Å². The van der Waals surface area contributed by atoms with Crippen LogP contribution in [0.3, 0.4) is 0 Å². The zero-order valence-corrected chi connectivity index (χ0v) is 8.10. The van der Waals surface area contributed by atoms with Crippen molar-refractivity contribution >= 4 is 27.7 Å². The highest BCUT2D eigenvalue weighted by Gasteiger charge is 2.16. The van der Waals surface area contributed by atoms with Crippen molar-refractivity contribution in [1.82, 2.24) is 0 Å². The molecule has 0 unspecified atom stereocenters. The van der Waals surface area contributed by atoms with Crippen LogP contribution in [0.5, 0.6) is 0 Å². The predicted octanol–water partition coefficient (Wildman–Crippen LogP) is 2.57. The summed E-state index contributed by atoms with van der Waals surface area (Å²) in [5.41, 5.74) is -1.21. The van der Waals surface area contributed by atoms with Gasteiger partial charge in [-0.05, 0) is 22.0 Å². The van der Waals surface area contributed by atoms with E-state index in [4.69, 9.17) is 5.26 Å². The molecule has 0 fully saturated rings. The Bertz CT molecular complexity index is 475. The summed E-state index contributed by atoms with van der Waals surface area (Å²) in [7, 11) is 0. The molecule has 14 heavy (non-hydrogen) atoms. The van der Waals surface area contributed by atoms with Crippen molar-refractivity contribution in [3.05, 3.63) is 27.7 Å². The zero-order valence-electron chi connectivity index (χ0n) is 6.51. The van der Waals surface area contributed by atoms with E-state index in [2.05, 4.69) is 20.9 Å². The quantitative estimate of drug-likeness (QED) is 0.574. The molecule has 0 heterocycles. The monoisotopic (exact) mass is 258 g/mol. The van der Waals surface area contributed by atoms with Crippen molar-refractivity contribution in [3.8, 4) is 6.07 Å². The van der Waals surface area contributed by atoms with E-state index in [1.807, 2.05) is 0 Å². The van der Waals surface area contributed by atoms with Crippen molar-refractivity contribution in [2.24, 2.45) is 4.99 Å². The summed E-state index contributed by atoms with van der Waals surface area (Å²) < 4.78 is 26.1.